The fourth-order valence-corrected chi connectivity index (χ4v) is 5.29. The van der Waals surface area contributed by atoms with Crippen molar-refractivity contribution in [1.29, 1.82) is 0 Å². The first kappa shape index (κ1) is 28.1. The van der Waals surface area contributed by atoms with E-state index in [0.717, 1.165) is 87.8 Å². The number of hydrogen-bond acceptors (Lipinski definition) is 7. The highest BCUT2D eigenvalue weighted by Crippen LogP contribution is 2.29. The van der Waals surface area contributed by atoms with Gasteiger partial charge in [0.15, 0.2) is 0 Å². The molecule has 0 unspecified atom stereocenters. The molecule has 1 aromatic heterocycles. The first-order valence-electron chi connectivity index (χ1n) is 14.3. The first-order valence-corrected chi connectivity index (χ1v) is 14.3. The summed E-state index contributed by atoms with van der Waals surface area (Å²) in [4.78, 5) is 14.4. The van der Waals surface area contributed by atoms with Crippen molar-refractivity contribution >= 4 is 17.5 Å². The molecular weight excluding hydrogens is 474 g/mol. The van der Waals surface area contributed by atoms with Gasteiger partial charge in [-0.2, -0.15) is 4.98 Å². The van der Waals surface area contributed by atoms with Crippen molar-refractivity contribution in [2.75, 3.05) is 62.8 Å². The molecular formula is C31H45N5O2. The molecule has 2 saturated heterocycles. The molecule has 0 radical (unpaired) electrons. The Hall–Kier alpha value is -2.90. The number of unbranched alkanes of at least 4 members (excludes halogenated alkanes) is 1. The zero-order chi connectivity index (χ0) is 26.6. The van der Waals surface area contributed by atoms with Gasteiger partial charge in [0.1, 0.15) is 18.2 Å². The van der Waals surface area contributed by atoms with Gasteiger partial charge in [-0.05, 0) is 94.6 Å². The van der Waals surface area contributed by atoms with Crippen LogP contribution in [0.25, 0.3) is 0 Å². The lowest BCUT2D eigenvalue weighted by Crippen LogP contribution is -2.36. The standard InChI is InChI=1S/C31H45N5O2/c1-4-6-7-10-27-22-28(11-12-29(27)38-21-19-35-15-8-9-16-35)33-31-32-23-25(3)30(34-31)36-17-13-26(14-18-36)24-37-20-5-2/h4-5,11-12,22-23,26H,1-2,6-10,13-21,24H2,3H3,(H,32,33,34). The maximum absolute atomic E-state index is 6.24. The Morgan fingerprint density at radius 1 is 1.11 bits per heavy atom. The van der Waals surface area contributed by atoms with Crippen LogP contribution in [0, 0.1) is 12.8 Å². The topological polar surface area (TPSA) is 62.8 Å². The van der Waals surface area contributed by atoms with E-state index < -0.39 is 0 Å². The molecule has 206 valence electrons. The van der Waals surface area contributed by atoms with E-state index in [1.807, 2.05) is 18.3 Å². The lowest BCUT2D eigenvalue weighted by atomic mass is 9.97. The monoisotopic (exact) mass is 519 g/mol. The van der Waals surface area contributed by atoms with E-state index in [2.05, 4.69) is 58.4 Å². The molecule has 3 heterocycles. The number of likely N-dealkylation sites (tertiary alicyclic amines) is 1. The molecule has 0 saturated carbocycles. The quantitative estimate of drug-likeness (QED) is 0.231. The van der Waals surface area contributed by atoms with Gasteiger partial charge in [-0.1, -0.05) is 12.2 Å². The third kappa shape index (κ3) is 8.30. The van der Waals surface area contributed by atoms with Gasteiger partial charge >= 0.3 is 0 Å². The highest BCUT2D eigenvalue weighted by Gasteiger charge is 2.22. The van der Waals surface area contributed by atoms with Crippen LogP contribution in [-0.4, -0.2) is 67.4 Å². The highest BCUT2D eigenvalue weighted by molar-refractivity contribution is 5.59. The molecule has 0 spiro atoms. The van der Waals surface area contributed by atoms with E-state index in [4.69, 9.17) is 14.5 Å². The summed E-state index contributed by atoms with van der Waals surface area (Å²) in [6, 6.07) is 6.34. The minimum atomic E-state index is 0.599. The Labute approximate surface area is 228 Å². The summed E-state index contributed by atoms with van der Waals surface area (Å²) >= 11 is 0. The van der Waals surface area contributed by atoms with Crippen molar-refractivity contribution in [3.8, 4) is 5.75 Å². The van der Waals surface area contributed by atoms with E-state index >= 15 is 0 Å². The molecule has 2 fully saturated rings. The fourth-order valence-electron chi connectivity index (χ4n) is 5.29. The van der Waals surface area contributed by atoms with Gasteiger partial charge in [-0.15, -0.1) is 13.2 Å². The van der Waals surface area contributed by atoms with Gasteiger partial charge < -0.3 is 19.7 Å². The lowest BCUT2D eigenvalue weighted by molar-refractivity contribution is 0.112. The molecule has 2 aliphatic heterocycles. The van der Waals surface area contributed by atoms with Gasteiger partial charge in [0.25, 0.3) is 0 Å². The van der Waals surface area contributed by atoms with Crippen molar-refractivity contribution in [1.82, 2.24) is 14.9 Å². The molecule has 7 heteroatoms. The van der Waals surface area contributed by atoms with Gasteiger partial charge in [0.05, 0.1) is 6.61 Å². The average Bonchev–Trinajstić information content (AvgIpc) is 3.45. The second kappa shape index (κ2) is 14.9. The highest BCUT2D eigenvalue weighted by atomic mass is 16.5. The number of rotatable bonds is 15. The normalized spacial score (nSPS) is 16.5. The Morgan fingerprint density at radius 3 is 2.68 bits per heavy atom. The van der Waals surface area contributed by atoms with Crippen LogP contribution >= 0.6 is 0 Å². The maximum atomic E-state index is 6.24. The van der Waals surface area contributed by atoms with Gasteiger partial charge in [0.2, 0.25) is 5.95 Å². The van der Waals surface area contributed by atoms with Crippen LogP contribution in [0.2, 0.25) is 0 Å². The number of nitrogens with zero attached hydrogens (tertiary/aromatic N) is 4. The molecule has 1 aromatic carbocycles. The summed E-state index contributed by atoms with van der Waals surface area (Å²) in [7, 11) is 0. The summed E-state index contributed by atoms with van der Waals surface area (Å²) in [6.45, 7) is 17.2. The number of nitrogens with one attached hydrogen (secondary N) is 1. The number of hydrogen-bond donors (Lipinski definition) is 1. The molecule has 2 aliphatic rings. The van der Waals surface area contributed by atoms with Crippen LogP contribution in [0.4, 0.5) is 17.5 Å². The number of anilines is 3. The fraction of sp³-hybridized carbons (Fsp3) is 0.548. The minimum absolute atomic E-state index is 0.599. The molecule has 38 heavy (non-hydrogen) atoms. The Bertz CT molecular complexity index is 1030. The summed E-state index contributed by atoms with van der Waals surface area (Å²) in [5.74, 6) is 3.22. The summed E-state index contributed by atoms with van der Waals surface area (Å²) < 4.78 is 11.9. The smallest absolute Gasteiger partial charge is 0.229 e. The van der Waals surface area contributed by atoms with E-state index in [1.165, 1.54) is 31.5 Å². The second-order valence-corrected chi connectivity index (χ2v) is 10.5. The number of aryl methyl sites for hydroxylation is 2. The number of ether oxygens (including phenoxy) is 2. The molecule has 1 N–H and O–H groups in total. The average molecular weight is 520 g/mol. The SMILES string of the molecule is C=CCCCc1cc(Nc2ncc(C)c(N3CCC(COCC=C)CC3)n2)ccc1OCCN1CCCC1. The van der Waals surface area contributed by atoms with E-state index in [0.29, 0.717) is 18.5 Å². The Kier molecular flexibility index (Phi) is 11.0. The summed E-state index contributed by atoms with van der Waals surface area (Å²) in [6.07, 6.45) is 13.5. The lowest BCUT2D eigenvalue weighted by Gasteiger charge is -2.33. The van der Waals surface area contributed by atoms with Crippen LogP contribution in [0.5, 0.6) is 5.75 Å². The van der Waals surface area contributed by atoms with Crippen molar-refractivity contribution in [3.63, 3.8) is 0 Å². The number of piperidine rings is 1. The zero-order valence-electron chi connectivity index (χ0n) is 23.2. The van der Waals surface area contributed by atoms with Crippen molar-refractivity contribution in [2.24, 2.45) is 5.92 Å². The third-order valence-electron chi connectivity index (χ3n) is 7.48. The number of aromatic nitrogens is 2. The van der Waals surface area contributed by atoms with E-state index in [1.54, 1.807) is 0 Å². The van der Waals surface area contributed by atoms with Crippen LogP contribution in [0.3, 0.4) is 0 Å². The van der Waals surface area contributed by atoms with E-state index in [9.17, 15) is 0 Å². The largest absolute Gasteiger partial charge is 0.492 e. The number of benzene rings is 1. The first-order chi connectivity index (χ1) is 18.7. The Morgan fingerprint density at radius 2 is 1.92 bits per heavy atom. The third-order valence-corrected chi connectivity index (χ3v) is 7.48. The predicted octanol–water partition coefficient (Wildman–Crippen LogP) is 5.93. The molecule has 0 bridgehead atoms. The van der Waals surface area contributed by atoms with Gasteiger partial charge in [-0.25, -0.2) is 4.98 Å². The molecule has 0 amide bonds. The maximum Gasteiger partial charge on any atom is 0.229 e. The molecule has 2 aromatic rings. The van der Waals surface area contributed by atoms with Gasteiger partial charge in [0, 0.05) is 43.7 Å². The minimum Gasteiger partial charge on any atom is -0.492 e. The van der Waals surface area contributed by atoms with E-state index in [-0.39, 0.29) is 0 Å². The van der Waals surface area contributed by atoms with Crippen molar-refractivity contribution in [2.45, 2.75) is 51.9 Å². The number of allylic oxidation sites excluding steroid dienone is 1. The van der Waals surface area contributed by atoms with Crippen molar-refractivity contribution in [3.05, 3.63) is 60.8 Å². The van der Waals surface area contributed by atoms with Crippen LogP contribution in [-0.2, 0) is 11.2 Å². The summed E-state index contributed by atoms with van der Waals surface area (Å²) in [5.41, 5.74) is 3.30. The van der Waals surface area contributed by atoms with Gasteiger partial charge in [-0.3, -0.25) is 4.90 Å². The molecule has 0 atom stereocenters. The second-order valence-electron chi connectivity index (χ2n) is 10.5. The Balaban J connectivity index is 1.39. The molecule has 0 aliphatic carbocycles. The van der Waals surface area contributed by atoms with Crippen molar-refractivity contribution < 1.29 is 9.47 Å². The zero-order valence-corrected chi connectivity index (χ0v) is 23.2. The predicted molar refractivity (Wildman–Crippen MR) is 157 cm³/mol. The molecule has 4 rings (SSSR count). The summed E-state index contributed by atoms with van der Waals surface area (Å²) in [5, 5.41) is 3.45. The van der Waals surface area contributed by atoms with Crippen LogP contribution in [0.1, 0.15) is 49.7 Å². The molecule has 7 nitrogen and oxygen atoms in total. The van der Waals surface area contributed by atoms with Crippen LogP contribution in [0.15, 0.2) is 49.7 Å². The van der Waals surface area contributed by atoms with Crippen LogP contribution < -0.4 is 15.0 Å².